The molecular formula is C19H17N3O4S2. The Morgan fingerprint density at radius 1 is 1.39 bits per heavy atom. The van der Waals surface area contributed by atoms with Crippen LogP contribution in [0.15, 0.2) is 44.6 Å². The van der Waals surface area contributed by atoms with Crippen LogP contribution in [0.4, 0.5) is 5.88 Å². The predicted molar refractivity (Wildman–Crippen MR) is 111 cm³/mol. The van der Waals surface area contributed by atoms with Gasteiger partial charge in [0.1, 0.15) is 15.5 Å². The van der Waals surface area contributed by atoms with Gasteiger partial charge < -0.3 is 4.42 Å². The zero-order valence-corrected chi connectivity index (χ0v) is 16.6. The second-order valence-electron chi connectivity index (χ2n) is 6.34. The summed E-state index contributed by atoms with van der Waals surface area (Å²) in [6, 6.07) is 2.83. The van der Waals surface area contributed by atoms with Crippen molar-refractivity contribution < 1.29 is 9.34 Å². The van der Waals surface area contributed by atoms with Crippen molar-refractivity contribution in [3.63, 3.8) is 0 Å². The van der Waals surface area contributed by atoms with Gasteiger partial charge in [-0.05, 0) is 48.8 Å². The Morgan fingerprint density at radius 3 is 2.96 bits per heavy atom. The summed E-state index contributed by atoms with van der Waals surface area (Å²) in [5, 5.41) is 13.7. The number of hydrogen-bond acceptors (Lipinski definition) is 7. The van der Waals surface area contributed by atoms with Gasteiger partial charge >= 0.3 is 5.88 Å². The van der Waals surface area contributed by atoms with Gasteiger partial charge in [-0.15, -0.1) is 17.9 Å². The van der Waals surface area contributed by atoms with Gasteiger partial charge in [0.25, 0.3) is 5.56 Å². The maximum Gasteiger partial charge on any atom is 0.433 e. The van der Waals surface area contributed by atoms with E-state index in [1.807, 2.05) is 0 Å². The fraction of sp³-hybridized carbons (Fsp3) is 0.263. The second kappa shape index (κ2) is 7.76. The van der Waals surface area contributed by atoms with Gasteiger partial charge in [0, 0.05) is 11.4 Å². The quantitative estimate of drug-likeness (QED) is 0.189. The molecule has 0 unspecified atom stereocenters. The maximum atomic E-state index is 13.1. The summed E-state index contributed by atoms with van der Waals surface area (Å²) in [5.41, 5.74) is 1.13. The lowest BCUT2D eigenvalue weighted by atomic mass is 9.97. The van der Waals surface area contributed by atoms with Crippen LogP contribution in [-0.4, -0.2) is 14.5 Å². The minimum absolute atomic E-state index is 0.0335. The van der Waals surface area contributed by atoms with Crippen molar-refractivity contribution in [1.29, 1.82) is 0 Å². The molecule has 0 spiro atoms. The average Bonchev–Trinajstić information content (AvgIpc) is 3.29. The number of aromatic nitrogens is 2. The van der Waals surface area contributed by atoms with Crippen LogP contribution in [0.2, 0.25) is 0 Å². The van der Waals surface area contributed by atoms with Gasteiger partial charge in [-0.25, -0.2) is 4.98 Å². The Balaban J connectivity index is 1.70. The Morgan fingerprint density at radius 2 is 2.21 bits per heavy atom. The zero-order chi connectivity index (χ0) is 19.7. The minimum Gasteiger partial charge on any atom is -0.401 e. The molecule has 4 rings (SSSR count). The van der Waals surface area contributed by atoms with Gasteiger partial charge in [0.15, 0.2) is 5.16 Å². The van der Waals surface area contributed by atoms with Crippen molar-refractivity contribution in [1.82, 2.24) is 9.55 Å². The molecular weight excluding hydrogens is 398 g/mol. The van der Waals surface area contributed by atoms with E-state index in [4.69, 9.17) is 9.40 Å². The molecule has 0 saturated heterocycles. The largest absolute Gasteiger partial charge is 0.433 e. The number of thiophene rings is 1. The first kappa shape index (κ1) is 18.7. The first-order valence-corrected chi connectivity index (χ1v) is 10.5. The number of fused-ring (bicyclic) bond motifs is 3. The molecule has 0 saturated carbocycles. The third-order valence-corrected chi connectivity index (χ3v) is 6.53. The van der Waals surface area contributed by atoms with E-state index in [1.165, 1.54) is 28.8 Å². The van der Waals surface area contributed by atoms with Crippen LogP contribution in [-0.2, 0) is 19.4 Å². The highest BCUT2D eigenvalue weighted by molar-refractivity contribution is 8.02. The molecule has 3 heterocycles. The lowest BCUT2D eigenvalue weighted by Gasteiger charge is -2.11. The van der Waals surface area contributed by atoms with E-state index >= 15 is 0 Å². The van der Waals surface area contributed by atoms with E-state index in [-0.39, 0.29) is 11.4 Å². The molecule has 0 N–H and O–H groups in total. The molecule has 28 heavy (non-hydrogen) atoms. The molecule has 0 amide bonds. The number of rotatable bonds is 6. The number of allylic oxidation sites excluding steroid dienone is 1. The van der Waals surface area contributed by atoms with E-state index in [0.29, 0.717) is 17.5 Å². The van der Waals surface area contributed by atoms with E-state index in [9.17, 15) is 14.9 Å². The highest BCUT2D eigenvalue weighted by Crippen LogP contribution is 2.35. The number of thioether (sulfide) groups is 1. The standard InChI is InChI=1S/C19H17N3O4S2/c1-2-10-21-18(23)16-13-5-3-4-6-14(13)28-17(16)20-19(21)27-11-9-12-7-8-15(26-12)22(24)25/h2,7-9,11H,1,3-6,10H2/b11-9+. The number of furan rings is 1. The molecule has 1 aliphatic rings. The third-order valence-electron chi connectivity index (χ3n) is 4.55. The van der Waals surface area contributed by atoms with Gasteiger partial charge in [-0.3, -0.25) is 19.5 Å². The van der Waals surface area contributed by atoms with Crippen molar-refractivity contribution in [2.75, 3.05) is 0 Å². The summed E-state index contributed by atoms with van der Waals surface area (Å²) in [5.74, 6) is 0.0569. The van der Waals surface area contributed by atoms with Crippen LogP contribution in [0, 0.1) is 10.1 Å². The lowest BCUT2D eigenvalue weighted by Crippen LogP contribution is -2.23. The molecule has 0 bridgehead atoms. The zero-order valence-electron chi connectivity index (χ0n) is 14.9. The molecule has 3 aromatic rings. The average molecular weight is 415 g/mol. The summed E-state index contributed by atoms with van der Waals surface area (Å²) < 4.78 is 6.73. The maximum absolute atomic E-state index is 13.1. The first-order valence-electron chi connectivity index (χ1n) is 8.82. The normalized spacial score (nSPS) is 13.9. The van der Waals surface area contributed by atoms with Crippen molar-refractivity contribution >= 4 is 45.3 Å². The van der Waals surface area contributed by atoms with Crippen LogP contribution >= 0.6 is 23.1 Å². The summed E-state index contributed by atoms with van der Waals surface area (Å²) in [7, 11) is 0. The summed E-state index contributed by atoms with van der Waals surface area (Å²) in [4.78, 5) is 30.0. The predicted octanol–water partition coefficient (Wildman–Crippen LogP) is 4.79. The highest BCUT2D eigenvalue weighted by Gasteiger charge is 2.21. The van der Waals surface area contributed by atoms with E-state index in [0.717, 1.165) is 41.5 Å². The van der Waals surface area contributed by atoms with Crippen LogP contribution < -0.4 is 5.56 Å². The van der Waals surface area contributed by atoms with Crippen LogP contribution in [0.3, 0.4) is 0 Å². The summed E-state index contributed by atoms with van der Waals surface area (Å²) >= 11 is 2.88. The van der Waals surface area contributed by atoms with E-state index in [2.05, 4.69) is 6.58 Å². The molecule has 0 radical (unpaired) electrons. The Hall–Kier alpha value is -2.65. The molecule has 0 aliphatic heterocycles. The molecule has 0 aromatic carbocycles. The third kappa shape index (κ3) is 3.43. The Bertz CT molecular complexity index is 1160. The first-order chi connectivity index (χ1) is 13.6. The molecule has 1 aliphatic carbocycles. The van der Waals surface area contributed by atoms with E-state index in [1.54, 1.807) is 33.5 Å². The van der Waals surface area contributed by atoms with Gasteiger partial charge in [0.2, 0.25) is 0 Å². The summed E-state index contributed by atoms with van der Waals surface area (Å²) in [6.45, 7) is 4.12. The van der Waals surface area contributed by atoms with Crippen LogP contribution in [0.1, 0.15) is 29.0 Å². The lowest BCUT2D eigenvalue weighted by molar-refractivity contribution is -0.402. The van der Waals surface area contributed by atoms with Gasteiger partial charge in [-0.1, -0.05) is 17.8 Å². The molecule has 9 heteroatoms. The van der Waals surface area contributed by atoms with Crippen LogP contribution in [0.5, 0.6) is 0 Å². The summed E-state index contributed by atoms with van der Waals surface area (Å²) in [6.07, 6.45) is 7.50. The molecule has 3 aromatic heterocycles. The van der Waals surface area contributed by atoms with Crippen molar-refractivity contribution in [3.8, 4) is 0 Å². The van der Waals surface area contributed by atoms with Crippen molar-refractivity contribution in [2.45, 2.75) is 37.4 Å². The topological polar surface area (TPSA) is 91.2 Å². The van der Waals surface area contributed by atoms with Gasteiger partial charge in [0.05, 0.1) is 11.5 Å². The Labute approximate surface area is 168 Å². The van der Waals surface area contributed by atoms with Crippen molar-refractivity contribution in [2.24, 2.45) is 0 Å². The number of nitrogens with zero attached hydrogens (tertiary/aromatic N) is 3. The number of nitro groups is 1. The monoisotopic (exact) mass is 415 g/mol. The molecule has 0 atom stereocenters. The molecule has 144 valence electrons. The number of aryl methyl sites for hydroxylation is 2. The van der Waals surface area contributed by atoms with Crippen molar-refractivity contribution in [3.05, 3.63) is 66.9 Å². The Kier molecular flexibility index (Phi) is 5.19. The SMILES string of the molecule is C=CCn1c(S/C=C/c2ccc([N+](=O)[O-])o2)nc2sc3c(c2c1=O)CCCC3. The second-order valence-corrected chi connectivity index (χ2v) is 8.30. The van der Waals surface area contributed by atoms with E-state index < -0.39 is 4.92 Å². The number of hydrogen-bond donors (Lipinski definition) is 0. The van der Waals surface area contributed by atoms with Crippen LogP contribution in [0.25, 0.3) is 16.3 Å². The minimum atomic E-state index is -0.583. The highest BCUT2D eigenvalue weighted by atomic mass is 32.2. The fourth-order valence-corrected chi connectivity index (χ4v) is 5.35. The smallest absolute Gasteiger partial charge is 0.401 e. The van der Waals surface area contributed by atoms with Gasteiger partial charge in [-0.2, -0.15) is 0 Å². The fourth-order valence-electron chi connectivity index (χ4n) is 3.29. The molecule has 0 fully saturated rings. The molecule has 7 nitrogen and oxygen atoms in total.